The molecule has 0 saturated heterocycles. The van der Waals surface area contributed by atoms with Crippen LogP contribution in [0.1, 0.15) is 41.6 Å². The minimum atomic E-state index is -4.15. The van der Waals surface area contributed by atoms with Crippen LogP contribution in [0.4, 0.5) is 13.2 Å². The highest BCUT2D eigenvalue weighted by Crippen LogP contribution is 2.37. The van der Waals surface area contributed by atoms with Crippen LogP contribution >= 0.6 is 0 Å². The van der Waals surface area contributed by atoms with Crippen molar-refractivity contribution >= 4 is 11.9 Å². The van der Waals surface area contributed by atoms with Crippen molar-refractivity contribution in [3.63, 3.8) is 0 Å². The Morgan fingerprint density at radius 1 is 1.09 bits per heavy atom. The standard InChI is InChI=1S/C16H18F3NO3/c17-16(18,19)12-5-7-13(8-6-12)20-14(21)9-10-1-3-11(4-2-10)15(22)23/h1-4,12-13H,5-9H2,(H,20,21)(H,22,23). The van der Waals surface area contributed by atoms with Crippen molar-refractivity contribution in [2.45, 2.75) is 44.3 Å². The molecule has 2 rings (SSSR count). The lowest BCUT2D eigenvalue weighted by atomic mass is 9.85. The smallest absolute Gasteiger partial charge is 0.391 e. The van der Waals surface area contributed by atoms with E-state index >= 15 is 0 Å². The molecular weight excluding hydrogens is 311 g/mol. The molecule has 2 N–H and O–H groups in total. The molecule has 1 aromatic rings. The highest BCUT2D eigenvalue weighted by Gasteiger charge is 2.41. The van der Waals surface area contributed by atoms with Crippen molar-refractivity contribution in [2.75, 3.05) is 0 Å². The van der Waals surface area contributed by atoms with E-state index in [0.29, 0.717) is 18.4 Å². The van der Waals surface area contributed by atoms with Gasteiger partial charge in [0.25, 0.3) is 0 Å². The summed E-state index contributed by atoms with van der Waals surface area (Å²) in [6.07, 6.45) is -3.33. The predicted octanol–water partition coefficient (Wildman–Crippen LogP) is 3.16. The summed E-state index contributed by atoms with van der Waals surface area (Å²) in [5, 5.41) is 11.5. The molecule has 0 radical (unpaired) electrons. The maximum Gasteiger partial charge on any atom is 0.391 e. The number of hydrogen-bond acceptors (Lipinski definition) is 2. The summed E-state index contributed by atoms with van der Waals surface area (Å²) in [4.78, 5) is 22.7. The average molecular weight is 329 g/mol. The van der Waals surface area contributed by atoms with Gasteiger partial charge in [0.1, 0.15) is 0 Å². The van der Waals surface area contributed by atoms with Gasteiger partial charge in [-0.2, -0.15) is 13.2 Å². The van der Waals surface area contributed by atoms with E-state index in [1.165, 1.54) is 12.1 Å². The van der Waals surface area contributed by atoms with Gasteiger partial charge in [-0.25, -0.2) is 4.79 Å². The minimum absolute atomic E-state index is 0.0434. The minimum Gasteiger partial charge on any atom is -0.478 e. The van der Waals surface area contributed by atoms with Gasteiger partial charge in [0.05, 0.1) is 17.9 Å². The molecule has 7 heteroatoms. The Labute approximate surface area is 131 Å². The van der Waals surface area contributed by atoms with Gasteiger partial charge in [-0.3, -0.25) is 4.79 Å². The number of nitrogens with one attached hydrogen (secondary N) is 1. The maximum absolute atomic E-state index is 12.6. The molecule has 0 aliphatic heterocycles. The Morgan fingerprint density at radius 2 is 1.65 bits per heavy atom. The van der Waals surface area contributed by atoms with Crippen LogP contribution in [-0.4, -0.2) is 29.2 Å². The van der Waals surface area contributed by atoms with Gasteiger partial charge in [-0.15, -0.1) is 0 Å². The molecule has 0 aromatic heterocycles. The molecule has 0 bridgehead atoms. The molecule has 0 heterocycles. The van der Waals surface area contributed by atoms with Gasteiger partial charge in [0, 0.05) is 6.04 Å². The summed E-state index contributed by atoms with van der Waals surface area (Å²) in [6, 6.07) is 5.73. The van der Waals surface area contributed by atoms with Gasteiger partial charge in [0.15, 0.2) is 0 Å². The van der Waals surface area contributed by atoms with E-state index in [0.717, 1.165) is 0 Å². The first-order valence-electron chi connectivity index (χ1n) is 7.44. The third kappa shape index (κ3) is 4.97. The zero-order chi connectivity index (χ0) is 17.0. The number of carboxylic acid groups (broad SMARTS) is 1. The normalized spacial score (nSPS) is 21.7. The number of amides is 1. The molecule has 1 amide bonds. The molecule has 23 heavy (non-hydrogen) atoms. The Balaban J connectivity index is 1.80. The van der Waals surface area contributed by atoms with Crippen molar-refractivity contribution < 1.29 is 27.9 Å². The summed E-state index contributed by atoms with van der Waals surface area (Å²) < 4.78 is 37.7. The molecule has 1 aliphatic carbocycles. The molecule has 0 spiro atoms. The number of carbonyl (C=O) groups is 2. The van der Waals surface area contributed by atoms with Gasteiger partial charge in [0.2, 0.25) is 5.91 Å². The van der Waals surface area contributed by atoms with Crippen LogP contribution in [-0.2, 0) is 11.2 Å². The second kappa shape index (κ2) is 7.02. The van der Waals surface area contributed by atoms with Gasteiger partial charge in [-0.1, -0.05) is 12.1 Å². The fourth-order valence-electron chi connectivity index (χ4n) is 2.79. The molecule has 1 fully saturated rings. The first-order valence-corrected chi connectivity index (χ1v) is 7.44. The fraction of sp³-hybridized carbons (Fsp3) is 0.500. The largest absolute Gasteiger partial charge is 0.478 e. The Morgan fingerprint density at radius 3 is 2.13 bits per heavy atom. The summed E-state index contributed by atoms with van der Waals surface area (Å²) in [5.74, 6) is -2.56. The summed E-state index contributed by atoms with van der Waals surface area (Å²) in [7, 11) is 0. The number of halogens is 3. The lowest BCUT2D eigenvalue weighted by Gasteiger charge is -2.30. The number of aromatic carboxylic acids is 1. The van der Waals surface area contributed by atoms with E-state index in [4.69, 9.17) is 5.11 Å². The summed E-state index contributed by atoms with van der Waals surface area (Å²) >= 11 is 0. The zero-order valence-corrected chi connectivity index (χ0v) is 12.4. The van der Waals surface area contributed by atoms with Crippen LogP contribution < -0.4 is 5.32 Å². The maximum atomic E-state index is 12.6. The molecule has 1 saturated carbocycles. The third-order valence-corrected chi connectivity index (χ3v) is 4.12. The van der Waals surface area contributed by atoms with E-state index in [9.17, 15) is 22.8 Å². The van der Waals surface area contributed by atoms with E-state index < -0.39 is 18.1 Å². The van der Waals surface area contributed by atoms with Crippen molar-refractivity contribution in [1.82, 2.24) is 5.32 Å². The number of carbonyl (C=O) groups excluding carboxylic acids is 1. The summed E-state index contributed by atoms with van der Waals surface area (Å²) in [6.45, 7) is 0. The van der Waals surface area contributed by atoms with Crippen molar-refractivity contribution in [2.24, 2.45) is 5.92 Å². The highest BCUT2D eigenvalue weighted by atomic mass is 19.4. The first kappa shape index (κ1) is 17.3. The average Bonchev–Trinajstić information content (AvgIpc) is 2.47. The van der Waals surface area contributed by atoms with Crippen molar-refractivity contribution in [3.8, 4) is 0 Å². The SMILES string of the molecule is O=C(Cc1ccc(C(=O)O)cc1)NC1CCC(C(F)(F)F)CC1. The van der Waals surface area contributed by atoms with Gasteiger partial charge < -0.3 is 10.4 Å². The second-order valence-corrected chi connectivity index (χ2v) is 5.84. The topological polar surface area (TPSA) is 66.4 Å². The molecule has 4 nitrogen and oxygen atoms in total. The van der Waals surface area contributed by atoms with E-state index in [-0.39, 0.29) is 36.8 Å². The van der Waals surface area contributed by atoms with E-state index in [1.807, 2.05) is 0 Å². The molecular formula is C16H18F3NO3. The van der Waals surface area contributed by atoms with Crippen molar-refractivity contribution in [1.29, 1.82) is 0 Å². The van der Waals surface area contributed by atoms with E-state index in [1.54, 1.807) is 12.1 Å². The quantitative estimate of drug-likeness (QED) is 0.892. The van der Waals surface area contributed by atoms with Gasteiger partial charge in [-0.05, 0) is 43.4 Å². The number of hydrogen-bond donors (Lipinski definition) is 2. The van der Waals surface area contributed by atoms with E-state index in [2.05, 4.69) is 5.32 Å². The highest BCUT2D eigenvalue weighted by molar-refractivity contribution is 5.87. The third-order valence-electron chi connectivity index (χ3n) is 4.12. The monoisotopic (exact) mass is 329 g/mol. The zero-order valence-electron chi connectivity index (χ0n) is 12.4. The molecule has 126 valence electrons. The Bertz CT molecular complexity index is 561. The number of rotatable bonds is 4. The molecule has 1 aromatic carbocycles. The number of carboxylic acids is 1. The van der Waals surface area contributed by atoms with Crippen LogP contribution in [0.25, 0.3) is 0 Å². The molecule has 0 unspecified atom stereocenters. The molecule has 1 aliphatic rings. The number of benzene rings is 1. The Hall–Kier alpha value is -2.05. The van der Waals surface area contributed by atoms with Crippen LogP contribution in [0.3, 0.4) is 0 Å². The molecule has 0 atom stereocenters. The van der Waals surface area contributed by atoms with Crippen LogP contribution in [0.2, 0.25) is 0 Å². The lowest BCUT2D eigenvalue weighted by Crippen LogP contribution is -2.40. The van der Waals surface area contributed by atoms with Crippen LogP contribution in [0.15, 0.2) is 24.3 Å². The summed E-state index contributed by atoms with van der Waals surface area (Å²) in [5.41, 5.74) is 0.802. The van der Waals surface area contributed by atoms with Crippen molar-refractivity contribution in [3.05, 3.63) is 35.4 Å². The fourth-order valence-corrected chi connectivity index (χ4v) is 2.79. The predicted molar refractivity (Wildman–Crippen MR) is 77.0 cm³/mol. The first-order chi connectivity index (χ1) is 10.8. The second-order valence-electron chi connectivity index (χ2n) is 5.84. The van der Waals surface area contributed by atoms with Crippen LogP contribution in [0, 0.1) is 5.92 Å². The van der Waals surface area contributed by atoms with Crippen LogP contribution in [0.5, 0.6) is 0 Å². The number of alkyl halides is 3. The Kier molecular flexibility index (Phi) is 5.28. The lowest BCUT2D eigenvalue weighted by molar-refractivity contribution is -0.182. The van der Waals surface area contributed by atoms with Gasteiger partial charge >= 0.3 is 12.1 Å².